The van der Waals surface area contributed by atoms with Crippen LogP contribution >= 0.6 is 0 Å². The molecule has 5 rings (SSSR count). The van der Waals surface area contributed by atoms with Crippen LogP contribution in [-0.4, -0.2) is 26.8 Å². The molecule has 1 fully saturated rings. The van der Waals surface area contributed by atoms with Crippen LogP contribution in [0.15, 0.2) is 46.0 Å². The number of carbonyl (C=O) groups is 2. The van der Waals surface area contributed by atoms with Gasteiger partial charge >= 0.3 is 5.63 Å². The molecule has 0 bridgehead atoms. The molecule has 1 atom stereocenters. The van der Waals surface area contributed by atoms with E-state index in [0.717, 1.165) is 43.4 Å². The maximum atomic E-state index is 13.1. The van der Waals surface area contributed by atoms with E-state index in [-0.39, 0.29) is 34.5 Å². The zero-order valence-electron chi connectivity index (χ0n) is 19.4. The Bertz CT molecular complexity index is 1290. The minimum Gasteiger partial charge on any atom is -0.506 e. The standard InChI is InChI=1S/C27H28N3O5/c31-20-7-2-1-3-8-21-24(20)26(33)25(27(34)35-21)23(16-9-10-16)17-5-4-6-18(13-17)30-22(32)12-11-19-14-28-15-29-19/h4-6,12-16,23,33H,1-3,7-11H2,(H,28,29)(H,30,32)/t23-/m1/s1. The van der Waals surface area contributed by atoms with Crippen molar-refractivity contribution < 1.29 is 19.1 Å². The number of ketones is 1. The largest absolute Gasteiger partial charge is 0.506 e. The van der Waals surface area contributed by atoms with Crippen molar-refractivity contribution in [2.45, 2.75) is 57.3 Å². The smallest absolute Gasteiger partial charge is 0.343 e. The van der Waals surface area contributed by atoms with Crippen molar-refractivity contribution in [2.24, 2.45) is 5.92 Å². The molecule has 1 radical (unpaired) electrons. The summed E-state index contributed by atoms with van der Waals surface area (Å²) in [5.74, 6) is -0.638. The van der Waals surface area contributed by atoms with Gasteiger partial charge in [-0.25, -0.2) is 9.78 Å². The zero-order chi connectivity index (χ0) is 24.4. The minimum atomic E-state index is -0.590. The third-order valence-electron chi connectivity index (χ3n) is 6.76. The average Bonchev–Trinajstić information content (AvgIpc) is 3.52. The Labute approximate surface area is 202 Å². The molecule has 0 spiro atoms. The van der Waals surface area contributed by atoms with Crippen LogP contribution in [0, 0.1) is 12.3 Å². The molecule has 3 aromatic rings. The number of Topliss-reactive ketones (excluding diaryl/α,β-unsaturated/α-hetero) is 1. The van der Waals surface area contributed by atoms with Gasteiger partial charge in [0.1, 0.15) is 11.5 Å². The number of aromatic nitrogens is 2. The molecular formula is C27H28N3O5. The van der Waals surface area contributed by atoms with Gasteiger partial charge in [-0.1, -0.05) is 18.6 Å². The molecule has 0 unspecified atom stereocenters. The summed E-state index contributed by atoms with van der Waals surface area (Å²) in [7, 11) is 0. The van der Waals surface area contributed by atoms with E-state index in [1.165, 1.54) is 6.42 Å². The molecule has 2 aliphatic carbocycles. The highest BCUT2D eigenvalue weighted by Crippen LogP contribution is 2.49. The van der Waals surface area contributed by atoms with E-state index in [9.17, 15) is 19.5 Å². The molecule has 0 saturated heterocycles. The van der Waals surface area contributed by atoms with Crippen molar-refractivity contribution in [2.75, 3.05) is 5.32 Å². The highest BCUT2D eigenvalue weighted by molar-refractivity contribution is 6.00. The van der Waals surface area contributed by atoms with Crippen molar-refractivity contribution in [1.82, 2.24) is 9.97 Å². The van der Waals surface area contributed by atoms with Gasteiger partial charge in [0.05, 0.1) is 29.6 Å². The molecule has 8 nitrogen and oxygen atoms in total. The van der Waals surface area contributed by atoms with Crippen LogP contribution in [0.1, 0.15) is 77.4 Å². The first-order valence-electron chi connectivity index (χ1n) is 12.1. The molecular weight excluding hydrogens is 446 g/mol. The Hall–Kier alpha value is -3.68. The molecule has 2 aromatic heterocycles. The van der Waals surface area contributed by atoms with E-state index in [4.69, 9.17) is 4.42 Å². The Morgan fingerprint density at radius 2 is 2.06 bits per heavy atom. The fraction of sp³-hybridized carbons (Fsp3) is 0.370. The second kappa shape index (κ2) is 9.90. The lowest BCUT2D eigenvalue weighted by Gasteiger charge is -2.21. The number of carbonyl (C=O) groups excluding carboxylic acids is 2. The van der Waals surface area contributed by atoms with Crippen molar-refractivity contribution in [3.63, 3.8) is 0 Å². The maximum absolute atomic E-state index is 13.1. The lowest BCUT2D eigenvalue weighted by molar-refractivity contribution is -0.113. The molecule has 1 saturated carbocycles. The molecule has 35 heavy (non-hydrogen) atoms. The Morgan fingerprint density at radius 3 is 2.83 bits per heavy atom. The first kappa shape index (κ1) is 23.1. The first-order valence-corrected chi connectivity index (χ1v) is 12.1. The molecule has 1 aromatic carbocycles. The molecule has 0 aliphatic heterocycles. The summed E-state index contributed by atoms with van der Waals surface area (Å²) in [6, 6.07) is 7.29. The highest BCUT2D eigenvalue weighted by atomic mass is 16.4. The van der Waals surface area contributed by atoms with Gasteiger partial charge in [0.2, 0.25) is 5.91 Å². The summed E-state index contributed by atoms with van der Waals surface area (Å²) >= 11 is 0. The van der Waals surface area contributed by atoms with Gasteiger partial charge in [-0.15, -0.1) is 0 Å². The van der Waals surface area contributed by atoms with Crippen molar-refractivity contribution >= 4 is 17.4 Å². The summed E-state index contributed by atoms with van der Waals surface area (Å²) in [5, 5.41) is 14.1. The predicted octanol–water partition coefficient (Wildman–Crippen LogP) is 4.30. The quantitative estimate of drug-likeness (QED) is 0.469. The summed E-state index contributed by atoms with van der Waals surface area (Å²) < 4.78 is 5.64. The summed E-state index contributed by atoms with van der Waals surface area (Å²) in [4.78, 5) is 45.3. The van der Waals surface area contributed by atoms with E-state index < -0.39 is 11.5 Å². The number of nitrogens with zero attached hydrogens (tertiary/aromatic N) is 1. The normalized spacial score (nSPS) is 16.7. The van der Waals surface area contributed by atoms with Crippen LogP contribution < -0.4 is 10.9 Å². The fourth-order valence-corrected chi connectivity index (χ4v) is 4.90. The first-order chi connectivity index (χ1) is 17.0. The van der Waals surface area contributed by atoms with Crippen LogP contribution in [-0.2, 0) is 17.6 Å². The Morgan fingerprint density at radius 1 is 1.23 bits per heavy atom. The second-order valence-electron chi connectivity index (χ2n) is 9.33. The topological polar surface area (TPSA) is 125 Å². The van der Waals surface area contributed by atoms with Crippen LogP contribution in [0.3, 0.4) is 0 Å². The monoisotopic (exact) mass is 474 g/mol. The van der Waals surface area contributed by atoms with E-state index in [1.807, 2.05) is 18.2 Å². The molecule has 181 valence electrons. The van der Waals surface area contributed by atoms with Gasteiger partial charge in [-0.2, -0.15) is 0 Å². The summed E-state index contributed by atoms with van der Waals surface area (Å²) in [6.45, 7) is 0. The van der Waals surface area contributed by atoms with E-state index in [1.54, 1.807) is 18.6 Å². The third kappa shape index (κ3) is 5.06. The number of benzene rings is 1. The number of amides is 1. The van der Waals surface area contributed by atoms with Gasteiger partial charge in [-0.3, -0.25) is 9.59 Å². The molecule has 2 aliphatic rings. The Kier molecular flexibility index (Phi) is 6.53. The number of fused-ring (bicyclic) bond motifs is 1. The van der Waals surface area contributed by atoms with Crippen LogP contribution in [0.5, 0.6) is 5.75 Å². The fourth-order valence-electron chi connectivity index (χ4n) is 4.90. The summed E-state index contributed by atoms with van der Waals surface area (Å²) in [6.07, 6.45) is 10.3. The molecule has 1 amide bonds. The van der Waals surface area contributed by atoms with Gasteiger partial charge in [0, 0.05) is 37.1 Å². The predicted molar refractivity (Wildman–Crippen MR) is 129 cm³/mol. The van der Waals surface area contributed by atoms with E-state index >= 15 is 0 Å². The van der Waals surface area contributed by atoms with Crippen LogP contribution in [0.2, 0.25) is 0 Å². The molecule has 8 heteroatoms. The minimum absolute atomic E-state index is 0.147. The number of H-pyrrole nitrogens is 1. The SMILES string of the molecule is O=C([CH]Cc1c[nH]cn1)Nc1cccc([C@H](c2c(O)c3c(oc2=O)CCCCCC3=O)C2CC2)c1. The number of imidazole rings is 1. The van der Waals surface area contributed by atoms with Gasteiger partial charge in [0.15, 0.2) is 5.78 Å². The van der Waals surface area contributed by atoms with E-state index in [2.05, 4.69) is 15.3 Å². The second-order valence-corrected chi connectivity index (χ2v) is 9.33. The van der Waals surface area contributed by atoms with Gasteiger partial charge in [0.25, 0.3) is 0 Å². The number of nitrogens with one attached hydrogen (secondary N) is 2. The lowest BCUT2D eigenvalue weighted by atomic mass is 9.85. The number of aryl methyl sites for hydroxylation is 1. The van der Waals surface area contributed by atoms with Crippen molar-refractivity contribution in [3.8, 4) is 5.75 Å². The number of rotatable bonds is 7. The van der Waals surface area contributed by atoms with Gasteiger partial charge < -0.3 is 19.8 Å². The van der Waals surface area contributed by atoms with Crippen LogP contribution in [0.4, 0.5) is 5.69 Å². The summed E-state index contributed by atoms with van der Waals surface area (Å²) in [5.41, 5.74) is 1.86. The maximum Gasteiger partial charge on any atom is 0.343 e. The number of hydrogen-bond donors (Lipinski definition) is 3. The number of aromatic hydroxyl groups is 1. The average molecular weight is 475 g/mol. The van der Waals surface area contributed by atoms with E-state index in [0.29, 0.717) is 30.7 Å². The number of anilines is 1. The Balaban J connectivity index is 1.44. The number of hydrogen-bond acceptors (Lipinski definition) is 6. The van der Waals surface area contributed by atoms with Crippen molar-refractivity contribution in [1.29, 1.82) is 0 Å². The lowest BCUT2D eigenvalue weighted by Crippen LogP contribution is -2.21. The van der Waals surface area contributed by atoms with Crippen molar-refractivity contribution in [3.05, 3.63) is 81.8 Å². The third-order valence-corrected chi connectivity index (χ3v) is 6.76. The van der Waals surface area contributed by atoms with Gasteiger partial charge in [-0.05, 0) is 49.3 Å². The molecule has 2 heterocycles. The zero-order valence-corrected chi connectivity index (χ0v) is 19.4. The number of aromatic amines is 1. The van der Waals surface area contributed by atoms with Crippen LogP contribution in [0.25, 0.3) is 0 Å². The molecule has 3 N–H and O–H groups in total. The highest BCUT2D eigenvalue weighted by Gasteiger charge is 2.39.